The second kappa shape index (κ2) is 9.64. The molecule has 0 saturated heterocycles. The van der Waals surface area contributed by atoms with Gasteiger partial charge in [-0.1, -0.05) is 58.4 Å². The molecule has 0 aliphatic rings. The van der Waals surface area contributed by atoms with Gasteiger partial charge in [-0.3, -0.25) is 4.99 Å². The topological polar surface area (TPSA) is 38.7 Å². The van der Waals surface area contributed by atoms with Gasteiger partial charge in [0.1, 0.15) is 5.75 Å². The van der Waals surface area contributed by atoms with Gasteiger partial charge in [0.15, 0.2) is 0 Å². The first-order valence-electron chi connectivity index (χ1n) is 8.48. The molecule has 3 aromatic carbocycles. The molecule has 0 aliphatic carbocycles. The molecule has 0 N–H and O–H groups in total. The first-order valence-corrected chi connectivity index (χ1v) is 9.28. The third-order valence-electron chi connectivity index (χ3n) is 3.74. The zero-order valence-corrected chi connectivity index (χ0v) is 16.2. The summed E-state index contributed by atoms with van der Waals surface area (Å²) in [5.41, 5.74) is 3.05. The van der Waals surface area contributed by atoms with E-state index in [1.807, 2.05) is 72.9 Å². The largest absolute Gasteiger partial charge is 0.423 e. The van der Waals surface area contributed by atoms with Gasteiger partial charge in [0.2, 0.25) is 0 Å². The van der Waals surface area contributed by atoms with Crippen LogP contribution in [-0.4, -0.2) is 12.2 Å². The zero-order valence-electron chi connectivity index (χ0n) is 14.6. The van der Waals surface area contributed by atoms with Gasteiger partial charge in [0, 0.05) is 16.8 Å². The van der Waals surface area contributed by atoms with Gasteiger partial charge in [-0.2, -0.15) is 0 Å². The Bertz CT molecular complexity index is 930. The molecule has 3 nitrogen and oxygen atoms in total. The number of hydrogen-bond acceptors (Lipinski definition) is 3. The van der Waals surface area contributed by atoms with E-state index in [0.717, 1.165) is 21.2 Å². The van der Waals surface area contributed by atoms with E-state index in [0.29, 0.717) is 12.3 Å². The molecule has 0 radical (unpaired) electrons. The zero-order chi connectivity index (χ0) is 18.9. The van der Waals surface area contributed by atoms with Crippen LogP contribution in [0.25, 0.3) is 6.08 Å². The van der Waals surface area contributed by atoms with Crippen molar-refractivity contribution in [3.8, 4) is 5.75 Å². The Kier molecular flexibility index (Phi) is 6.72. The van der Waals surface area contributed by atoms with Gasteiger partial charge in [0.05, 0.1) is 6.54 Å². The maximum Gasteiger partial charge on any atom is 0.336 e. The molecule has 27 heavy (non-hydrogen) atoms. The molecule has 0 heterocycles. The predicted molar refractivity (Wildman–Crippen MR) is 113 cm³/mol. The van der Waals surface area contributed by atoms with Crippen molar-refractivity contribution in [2.24, 2.45) is 4.99 Å². The van der Waals surface area contributed by atoms with Crippen molar-refractivity contribution in [1.29, 1.82) is 0 Å². The lowest BCUT2D eigenvalue weighted by Gasteiger charge is -2.02. The Hall–Kier alpha value is -2.98. The number of rotatable bonds is 6. The van der Waals surface area contributed by atoms with E-state index in [9.17, 15) is 4.79 Å². The van der Waals surface area contributed by atoms with Crippen molar-refractivity contribution in [3.63, 3.8) is 0 Å². The number of hydrogen-bond donors (Lipinski definition) is 0. The van der Waals surface area contributed by atoms with Gasteiger partial charge in [-0.15, -0.1) is 0 Å². The fourth-order valence-electron chi connectivity index (χ4n) is 2.35. The standard InChI is InChI=1S/C23H18BrNO2/c24-21-11-6-18(7-12-21)10-15-23(26)27-22-13-8-20(9-14-22)17-25-16-19-4-2-1-3-5-19/h1-15,17H,16H2. The summed E-state index contributed by atoms with van der Waals surface area (Å²) in [5, 5.41) is 0. The summed E-state index contributed by atoms with van der Waals surface area (Å²) in [4.78, 5) is 16.3. The molecule has 3 aromatic rings. The van der Waals surface area contributed by atoms with Crippen LogP contribution in [0.15, 0.2) is 94.4 Å². The Morgan fingerprint density at radius 2 is 1.56 bits per heavy atom. The fraction of sp³-hybridized carbons (Fsp3) is 0.0435. The second-order valence-electron chi connectivity index (χ2n) is 5.83. The van der Waals surface area contributed by atoms with Gasteiger partial charge < -0.3 is 4.74 Å². The van der Waals surface area contributed by atoms with Crippen LogP contribution in [0.2, 0.25) is 0 Å². The van der Waals surface area contributed by atoms with Crippen LogP contribution in [0.5, 0.6) is 5.75 Å². The van der Waals surface area contributed by atoms with Crippen LogP contribution in [-0.2, 0) is 11.3 Å². The SMILES string of the molecule is O=C(C=Cc1ccc(Br)cc1)Oc1ccc(C=NCc2ccccc2)cc1. The van der Waals surface area contributed by atoms with Crippen molar-refractivity contribution in [1.82, 2.24) is 0 Å². The molecular weight excluding hydrogens is 402 g/mol. The van der Waals surface area contributed by atoms with Crippen LogP contribution in [0.1, 0.15) is 16.7 Å². The average Bonchev–Trinajstić information content (AvgIpc) is 2.70. The molecule has 0 atom stereocenters. The summed E-state index contributed by atoms with van der Waals surface area (Å²) in [7, 11) is 0. The first kappa shape index (κ1) is 18.8. The highest BCUT2D eigenvalue weighted by atomic mass is 79.9. The van der Waals surface area contributed by atoms with Crippen molar-refractivity contribution in [3.05, 3.63) is 106 Å². The first-order chi connectivity index (χ1) is 13.2. The maximum atomic E-state index is 11.9. The highest BCUT2D eigenvalue weighted by molar-refractivity contribution is 9.10. The Morgan fingerprint density at radius 3 is 2.26 bits per heavy atom. The molecule has 0 aromatic heterocycles. The highest BCUT2D eigenvalue weighted by Gasteiger charge is 2.00. The molecule has 0 unspecified atom stereocenters. The molecule has 0 bridgehead atoms. The van der Waals surface area contributed by atoms with Gasteiger partial charge in [-0.05, 0) is 59.2 Å². The number of ether oxygens (including phenoxy) is 1. The fourth-order valence-corrected chi connectivity index (χ4v) is 2.61. The van der Waals surface area contributed by atoms with E-state index in [2.05, 4.69) is 20.9 Å². The minimum Gasteiger partial charge on any atom is -0.423 e. The Morgan fingerprint density at radius 1 is 0.889 bits per heavy atom. The van der Waals surface area contributed by atoms with Crippen LogP contribution in [0.3, 0.4) is 0 Å². The number of benzene rings is 3. The van der Waals surface area contributed by atoms with E-state index in [1.54, 1.807) is 18.2 Å². The summed E-state index contributed by atoms with van der Waals surface area (Å²) in [5.74, 6) is 0.0871. The van der Waals surface area contributed by atoms with Crippen LogP contribution in [0, 0.1) is 0 Å². The smallest absolute Gasteiger partial charge is 0.336 e. The highest BCUT2D eigenvalue weighted by Crippen LogP contribution is 2.14. The molecule has 134 valence electrons. The number of aliphatic imine (C=N–C) groups is 1. The molecule has 0 fully saturated rings. The van der Waals surface area contributed by atoms with Gasteiger partial charge >= 0.3 is 5.97 Å². The minimum absolute atomic E-state index is 0.414. The van der Waals surface area contributed by atoms with Crippen molar-refractivity contribution in [2.45, 2.75) is 6.54 Å². The summed E-state index contributed by atoms with van der Waals surface area (Å²) in [6.45, 7) is 0.637. The van der Waals surface area contributed by atoms with E-state index in [1.165, 1.54) is 6.08 Å². The van der Waals surface area contributed by atoms with E-state index in [-0.39, 0.29) is 0 Å². The lowest BCUT2D eigenvalue weighted by atomic mass is 10.2. The third-order valence-corrected chi connectivity index (χ3v) is 4.27. The lowest BCUT2D eigenvalue weighted by Crippen LogP contribution is -2.03. The van der Waals surface area contributed by atoms with Crippen LogP contribution < -0.4 is 4.74 Å². The Labute approximate surface area is 167 Å². The van der Waals surface area contributed by atoms with Gasteiger partial charge in [-0.25, -0.2) is 4.79 Å². The summed E-state index contributed by atoms with van der Waals surface area (Å²) in [6.07, 6.45) is 4.95. The summed E-state index contributed by atoms with van der Waals surface area (Å²) >= 11 is 3.38. The summed E-state index contributed by atoms with van der Waals surface area (Å²) in [6, 6.07) is 25.0. The maximum absolute atomic E-state index is 11.9. The molecule has 4 heteroatoms. The van der Waals surface area contributed by atoms with Crippen LogP contribution in [0.4, 0.5) is 0 Å². The normalized spacial score (nSPS) is 11.1. The molecule has 0 amide bonds. The second-order valence-corrected chi connectivity index (χ2v) is 6.75. The number of halogens is 1. The molecule has 3 rings (SSSR count). The van der Waals surface area contributed by atoms with E-state index >= 15 is 0 Å². The van der Waals surface area contributed by atoms with Gasteiger partial charge in [0.25, 0.3) is 0 Å². The molecule has 0 saturated carbocycles. The molecule has 0 spiro atoms. The quantitative estimate of drug-likeness (QED) is 0.223. The van der Waals surface area contributed by atoms with E-state index in [4.69, 9.17) is 4.74 Å². The third kappa shape index (κ3) is 6.35. The predicted octanol–water partition coefficient (Wildman–Crippen LogP) is 5.69. The lowest BCUT2D eigenvalue weighted by molar-refractivity contribution is -0.128. The molecule has 0 aliphatic heterocycles. The number of carbonyl (C=O) groups is 1. The minimum atomic E-state index is -0.414. The Balaban J connectivity index is 1.52. The molecular formula is C23H18BrNO2. The van der Waals surface area contributed by atoms with Crippen LogP contribution >= 0.6 is 15.9 Å². The number of esters is 1. The van der Waals surface area contributed by atoms with Crippen molar-refractivity contribution >= 4 is 34.2 Å². The summed E-state index contributed by atoms with van der Waals surface area (Å²) < 4.78 is 6.30. The number of nitrogens with zero attached hydrogens (tertiary/aromatic N) is 1. The average molecular weight is 420 g/mol. The van der Waals surface area contributed by atoms with Crippen molar-refractivity contribution in [2.75, 3.05) is 0 Å². The van der Waals surface area contributed by atoms with Crippen molar-refractivity contribution < 1.29 is 9.53 Å². The van der Waals surface area contributed by atoms with E-state index < -0.39 is 5.97 Å². The monoisotopic (exact) mass is 419 g/mol. The number of carbonyl (C=O) groups excluding carboxylic acids is 1.